The van der Waals surface area contributed by atoms with Crippen LogP contribution in [-0.4, -0.2) is 18.2 Å². The number of halogens is 1. The number of hydrogen-bond donors (Lipinski definition) is 1. The number of hydrogen-bond acceptors (Lipinski definition) is 1. The van der Waals surface area contributed by atoms with Crippen molar-refractivity contribution in [1.29, 1.82) is 0 Å². The predicted octanol–water partition coefficient (Wildman–Crippen LogP) is 2.96. The lowest BCUT2D eigenvalue weighted by molar-refractivity contribution is 0.506. The molecular weight excluding hydrogens is 227 g/mol. The molecule has 0 fully saturated rings. The molecule has 1 N–H and O–H groups in total. The van der Waals surface area contributed by atoms with E-state index in [0.29, 0.717) is 5.92 Å². The Hall–Kier alpha value is -1.35. The van der Waals surface area contributed by atoms with Crippen LogP contribution in [0.4, 0.5) is 4.39 Å². The number of nitrogens with zero attached hydrogens (tertiary/aromatic N) is 1. The van der Waals surface area contributed by atoms with Crippen molar-refractivity contribution in [3.05, 3.63) is 35.3 Å². The summed E-state index contributed by atoms with van der Waals surface area (Å²) in [4.78, 5) is 0. The number of fused-ring (bicyclic) bond motifs is 3. The zero-order valence-electron chi connectivity index (χ0n) is 11.0. The van der Waals surface area contributed by atoms with Gasteiger partial charge in [0.25, 0.3) is 0 Å². The van der Waals surface area contributed by atoms with Gasteiger partial charge in [0.05, 0.1) is 0 Å². The first kappa shape index (κ1) is 11.7. The number of aromatic nitrogens is 1. The van der Waals surface area contributed by atoms with E-state index in [1.54, 1.807) is 12.1 Å². The number of aryl methyl sites for hydroxylation is 2. The molecule has 0 saturated heterocycles. The van der Waals surface area contributed by atoms with Gasteiger partial charge in [0.1, 0.15) is 5.82 Å². The van der Waals surface area contributed by atoms with E-state index in [-0.39, 0.29) is 5.82 Å². The Labute approximate surface area is 107 Å². The van der Waals surface area contributed by atoms with Gasteiger partial charge < -0.3 is 9.88 Å². The topological polar surface area (TPSA) is 17.0 Å². The molecule has 96 valence electrons. The monoisotopic (exact) mass is 246 g/mol. The van der Waals surface area contributed by atoms with E-state index in [0.717, 1.165) is 23.9 Å². The third-order valence-electron chi connectivity index (χ3n) is 4.13. The van der Waals surface area contributed by atoms with E-state index in [4.69, 9.17) is 0 Å². The van der Waals surface area contributed by atoms with Crippen molar-refractivity contribution in [2.45, 2.75) is 25.2 Å². The SMILES string of the molecule is CNCC1CCCc2c1n(C)c1ccc(F)cc21. The predicted molar refractivity (Wildman–Crippen MR) is 72.5 cm³/mol. The second-order valence-corrected chi connectivity index (χ2v) is 5.23. The molecule has 0 radical (unpaired) electrons. The highest BCUT2D eigenvalue weighted by molar-refractivity contribution is 5.86. The summed E-state index contributed by atoms with van der Waals surface area (Å²) >= 11 is 0. The Morgan fingerprint density at radius 3 is 3.06 bits per heavy atom. The van der Waals surface area contributed by atoms with Crippen LogP contribution in [-0.2, 0) is 13.5 Å². The summed E-state index contributed by atoms with van der Waals surface area (Å²) in [5.41, 5.74) is 3.92. The van der Waals surface area contributed by atoms with Gasteiger partial charge in [0.15, 0.2) is 0 Å². The van der Waals surface area contributed by atoms with E-state index < -0.39 is 0 Å². The second kappa shape index (κ2) is 4.39. The van der Waals surface area contributed by atoms with Crippen LogP contribution in [0.3, 0.4) is 0 Å². The van der Waals surface area contributed by atoms with Crippen molar-refractivity contribution < 1.29 is 4.39 Å². The van der Waals surface area contributed by atoms with E-state index in [2.05, 4.69) is 16.9 Å². The summed E-state index contributed by atoms with van der Waals surface area (Å²) in [7, 11) is 4.10. The molecule has 0 aliphatic heterocycles. The molecule has 3 rings (SSSR count). The zero-order chi connectivity index (χ0) is 12.7. The number of rotatable bonds is 2. The van der Waals surface area contributed by atoms with Crippen LogP contribution < -0.4 is 5.32 Å². The molecule has 2 nitrogen and oxygen atoms in total. The molecule has 0 amide bonds. The van der Waals surface area contributed by atoms with Gasteiger partial charge in [0.2, 0.25) is 0 Å². The van der Waals surface area contributed by atoms with Crippen LogP contribution in [0.25, 0.3) is 10.9 Å². The van der Waals surface area contributed by atoms with Crippen LogP contribution in [0.2, 0.25) is 0 Å². The summed E-state index contributed by atoms with van der Waals surface area (Å²) in [6.07, 6.45) is 3.51. The van der Waals surface area contributed by atoms with Gasteiger partial charge >= 0.3 is 0 Å². The van der Waals surface area contributed by atoms with Gasteiger partial charge in [-0.15, -0.1) is 0 Å². The third-order valence-corrected chi connectivity index (χ3v) is 4.13. The molecule has 1 atom stereocenters. The lowest BCUT2D eigenvalue weighted by Crippen LogP contribution is -2.22. The maximum atomic E-state index is 13.4. The highest BCUT2D eigenvalue weighted by Crippen LogP contribution is 2.37. The minimum Gasteiger partial charge on any atom is -0.347 e. The second-order valence-electron chi connectivity index (χ2n) is 5.23. The van der Waals surface area contributed by atoms with Crippen LogP contribution in [0.5, 0.6) is 0 Å². The van der Waals surface area contributed by atoms with E-state index >= 15 is 0 Å². The van der Waals surface area contributed by atoms with Crippen molar-refractivity contribution >= 4 is 10.9 Å². The lowest BCUT2D eigenvalue weighted by atomic mass is 9.86. The Kier molecular flexibility index (Phi) is 2.86. The fraction of sp³-hybridized carbons (Fsp3) is 0.467. The smallest absolute Gasteiger partial charge is 0.123 e. The number of nitrogens with one attached hydrogen (secondary N) is 1. The molecule has 1 heterocycles. The van der Waals surface area contributed by atoms with Gasteiger partial charge in [-0.2, -0.15) is 0 Å². The van der Waals surface area contributed by atoms with Crippen LogP contribution in [0.15, 0.2) is 18.2 Å². The quantitative estimate of drug-likeness (QED) is 0.862. The summed E-state index contributed by atoms with van der Waals surface area (Å²) in [5.74, 6) is 0.422. The summed E-state index contributed by atoms with van der Waals surface area (Å²) in [6.45, 7) is 1.000. The summed E-state index contributed by atoms with van der Waals surface area (Å²) in [5, 5.41) is 4.38. The fourth-order valence-electron chi connectivity index (χ4n) is 3.40. The fourth-order valence-corrected chi connectivity index (χ4v) is 3.40. The first-order chi connectivity index (χ1) is 8.72. The first-order valence-corrected chi connectivity index (χ1v) is 6.63. The van der Waals surface area contributed by atoms with Crippen LogP contribution in [0.1, 0.15) is 30.0 Å². The Morgan fingerprint density at radius 2 is 2.28 bits per heavy atom. The maximum absolute atomic E-state index is 13.4. The number of likely N-dealkylation sites (N-methyl/N-ethyl adjacent to an activating group) is 1. The van der Waals surface area contributed by atoms with E-state index in [1.807, 2.05) is 13.1 Å². The highest BCUT2D eigenvalue weighted by Gasteiger charge is 2.25. The van der Waals surface area contributed by atoms with Crippen LogP contribution in [0, 0.1) is 5.82 Å². The highest BCUT2D eigenvalue weighted by atomic mass is 19.1. The minimum absolute atomic E-state index is 0.133. The molecule has 1 aliphatic carbocycles. The summed E-state index contributed by atoms with van der Waals surface area (Å²) < 4.78 is 15.7. The molecule has 3 heteroatoms. The van der Waals surface area contributed by atoms with Crippen molar-refractivity contribution in [2.24, 2.45) is 7.05 Å². The molecule has 1 unspecified atom stereocenters. The molecule has 1 aromatic heterocycles. The molecule has 1 aliphatic rings. The van der Waals surface area contributed by atoms with E-state index in [1.165, 1.54) is 24.1 Å². The molecule has 1 aromatic carbocycles. The molecular formula is C15H19FN2. The molecule has 0 bridgehead atoms. The first-order valence-electron chi connectivity index (χ1n) is 6.63. The van der Waals surface area contributed by atoms with Gasteiger partial charge in [-0.3, -0.25) is 0 Å². The van der Waals surface area contributed by atoms with E-state index in [9.17, 15) is 4.39 Å². The summed E-state index contributed by atoms with van der Waals surface area (Å²) in [6, 6.07) is 5.15. The molecule has 0 saturated carbocycles. The average Bonchev–Trinajstić information content (AvgIpc) is 2.64. The van der Waals surface area contributed by atoms with Crippen LogP contribution >= 0.6 is 0 Å². The number of benzene rings is 1. The van der Waals surface area contributed by atoms with Crippen molar-refractivity contribution in [3.8, 4) is 0 Å². The Bertz CT molecular complexity index is 586. The van der Waals surface area contributed by atoms with Gasteiger partial charge in [-0.05, 0) is 50.1 Å². The normalized spacial score (nSPS) is 19.2. The average molecular weight is 246 g/mol. The van der Waals surface area contributed by atoms with Crippen molar-refractivity contribution in [2.75, 3.05) is 13.6 Å². The maximum Gasteiger partial charge on any atom is 0.123 e. The standard InChI is InChI=1S/C15H19FN2/c1-17-9-10-4-3-5-12-13-8-11(16)6-7-14(13)18(2)15(10)12/h6-8,10,17H,3-5,9H2,1-2H3. The van der Waals surface area contributed by atoms with Gasteiger partial charge in [-0.1, -0.05) is 0 Å². The largest absolute Gasteiger partial charge is 0.347 e. The van der Waals surface area contributed by atoms with Crippen molar-refractivity contribution in [1.82, 2.24) is 9.88 Å². The Morgan fingerprint density at radius 1 is 1.44 bits per heavy atom. The molecule has 2 aromatic rings. The van der Waals surface area contributed by atoms with Crippen molar-refractivity contribution in [3.63, 3.8) is 0 Å². The Balaban J connectivity index is 2.24. The zero-order valence-corrected chi connectivity index (χ0v) is 11.0. The van der Waals surface area contributed by atoms with Gasteiger partial charge in [0, 0.05) is 36.1 Å². The lowest BCUT2D eigenvalue weighted by Gasteiger charge is -2.24. The third kappa shape index (κ3) is 1.65. The molecule has 18 heavy (non-hydrogen) atoms. The molecule has 0 spiro atoms. The minimum atomic E-state index is -0.133. The van der Waals surface area contributed by atoms with Gasteiger partial charge in [-0.25, -0.2) is 4.39 Å².